The van der Waals surface area contributed by atoms with E-state index < -0.39 is 42.4 Å². The van der Waals surface area contributed by atoms with Gasteiger partial charge in [0.1, 0.15) is 24.4 Å². The van der Waals surface area contributed by atoms with E-state index in [4.69, 9.17) is 9.47 Å². The first-order valence-electron chi connectivity index (χ1n) is 11.9. The van der Waals surface area contributed by atoms with Gasteiger partial charge in [0.15, 0.2) is 6.23 Å². The SMILES string of the molecule is CO[C@H]1[C@H](O)C2[C@@H](O[C@@H]1CO)n1c3ccccc3c3c4c(c5c6ccccc6n2c5c31)C(=O)NC4=O. The summed E-state index contributed by atoms with van der Waals surface area (Å²) in [6.07, 6.45) is -3.21. The molecule has 2 aromatic heterocycles. The number of imide groups is 1. The number of nitrogens with zero attached hydrogens (tertiary/aromatic N) is 2. The number of para-hydroxylation sites is 2. The molecule has 2 amide bonds. The van der Waals surface area contributed by atoms with Crippen LogP contribution in [0.3, 0.4) is 0 Å². The lowest BCUT2D eigenvalue weighted by Gasteiger charge is -2.47. The molecule has 0 bridgehead atoms. The number of rotatable bonds is 2. The Kier molecular flexibility index (Phi) is 3.81. The van der Waals surface area contributed by atoms with E-state index in [2.05, 4.69) is 5.32 Å². The smallest absolute Gasteiger partial charge is 0.259 e. The number of amides is 2. The molecule has 1 unspecified atom stereocenters. The molecule has 3 N–H and O–H groups in total. The fourth-order valence-electron chi connectivity index (χ4n) is 6.86. The number of hydrogen-bond donors (Lipinski definition) is 3. The van der Waals surface area contributed by atoms with Crippen molar-refractivity contribution in [1.82, 2.24) is 14.5 Å². The van der Waals surface area contributed by atoms with Gasteiger partial charge < -0.3 is 28.8 Å². The zero-order chi connectivity index (χ0) is 24.5. The van der Waals surface area contributed by atoms with Crippen LogP contribution in [0.2, 0.25) is 0 Å². The van der Waals surface area contributed by atoms with Crippen LogP contribution in [0.1, 0.15) is 33.0 Å². The predicted octanol–water partition coefficient (Wildman–Crippen LogP) is 2.61. The van der Waals surface area contributed by atoms with Gasteiger partial charge in [-0.1, -0.05) is 36.4 Å². The quantitative estimate of drug-likeness (QED) is 0.333. The van der Waals surface area contributed by atoms with Crippen LogP contribution in [0.15, 0.2) is 48.5 Å². The normalized spacial score (nSPS) is 26.9. The Bertz CT molecular complexity index is 1820. The second kappa shape index (κ2) is 6.71. The number of fused-ring (bicyclic) bond motifs is 12. The largest absolute Gasteiger partial charge is 0.394 e. The minimum absolute atomic E-state index is 0.322. The molecule has 0 radical (unpaired) electrons. The number of aromatic nitrogens is 2. The monoisotopic (exact) mass is 483 g/mol. The molecule has 9 nitrogen and oxygen atoms in total. The van der Waals surface area contributed by atoms with Gasteiger partial charge in [0.05, 0.1) is 34.3 Å². The fourth-order valence-corrected chi connectivity index (χ4v) is 6.86. The summed E-state index contributed by atoms with van der Waals surface area (Å²) in [5.74, 6) is -0.842. The van der Waals surface area contributed by atoms with Gasteiger partial charge in [-0.25, -0.2) is 0 Å². The first-order chi connectivity index (χ1) is 17.6. The maximum atomic E-state index is 13.2. The lowest BCUT2D eigenvalue weighted by Crippen LogP contribution is -2.55. The summed E-state index contributed by atoms with van der Waals surface area (Å²) in [7, 11) is 1.49. The molecule has 5 heterocycles. The highest BCUT2D eigenvalue weighted by Crippen LogP contribution is 2.53. The molecule has 3 aliphatic heterocycles. The van der Waals surface area contributed by atoms with Gasteiger partial charge in [-0.05, 0) is 12.1 Å². The molecule has 0 aliphatic carbocycles. The Balaban J connectivity index is 1.67. The van der Waals surface area contributed by atoms with Crippen LogP contribution >= 0.6 is 0 Å². The van der Waals surface area contributed by atoms with Gasteiger partial charge >= 0.3 is 0 Å². The molecule has 1 fully saturated rings. The topological polar surface area (TPSA) is 115 Å². The molecule has 0 spiro atoms. The average molecular weight is 483 g/mol. The molecule has 0 saturated carbocycles. The molecular formula is C27H21N3O6. The Hall–Kier alpha value is -3.76. The third kappa shape index (κ3) is 2.13. The van der Waals surface area contributed by atoms with E-state index in [1.165, 1.54) is 7.11 Å². The van der Waals surface area contributed by atoms with Crippen LogP contribution in [-0.2, 0) is 9.47 Å². The molecule has 180 valence electrons. The molecular weight excluding hydrogens is 462 g/mol. The second-order valence-electron chi connectivity index (χ2n) is 9.68. The number of aliphatic hydroxyl groups excluding tert-OH is 2. The van der Waals surface area contributed by atoms with E-state index in [0.29, 0.717) is 21.9 Å². The van der Waals surface area contributed by atoms with Crippen LogP contribution < -0.4 is 5.32 Å². The number of carbonyl (C=O) groups excluding carboxylic acids is 2. The molecule has 3 aromatic carbocycles. The Morgan fingerprint density at radius 1 is 0.917 bits per heavy atom. The van der Waals surface area contributed by atoms with Gasteiger partial charge in [0.2, 0.25) is 0 Å². The summed E-state index contributed by atoms with van der Waals surface area (Å²) in [5, 5.41) is 27.3. The predicted molar refractivity (Wildman–Crippen MR) is 131 cm³/mol. The van der Waals surface area contributed by atoms with E-state index in [1.54, 1.807) is 0 Å². The number of methoxy groups -OCH3 is 1. The van der Waals surface area contributed by atoms with Crippen LogP contribution in [0.25, 0.3) is 43.6 Å². The lowest BCUT2D eigenvalue weighted by atomic mass is 9.93. The Labute approximate surface area is 203 Å². The Morgan fingerprint density at radius 2 is 1.47 bits per heavy atom. The highest BCUT2D eigenvalue weighted by atomic mass is 16.6. The number of benzene rings is 3. The van der Waals surface area contributed by atoms with Crippen LogP contribution in [0, 0.1) is 0 Å². The van der Waals surface area contributed by atoms with Gasteiger partial charge in [-0.15, -0.1) is 0 Å². The van der Waals surface area contributed by atoms with Crippen molar-refractivity contribution < 1.29 is 29.3 Å². The first-order valence-corrected chi connectivity index (χ1v) is 11.9. The molecule has 8 rings (SSSR count). The summed E-state index contributed by atoms with van der Waals surface area (Å²) >= 11 is 0. The van der Waals surface area contributed by atoms with Gasteiger partial charge in [-0.2, -0.15) is 0 Å². The Morgan fingerprint density at radius 3 is 2.06 bits per heavy atom. The number of nitrogens with one attached hydrogen (secondary N) is 1. The zero-order valence-corrected chi connectivity index (χ0v) is 19.1. The van der Waals surface area contributed by atoms with Gasteiger partial charge in [0, 0.05) is 34.2 Å². The summed E-state index contributed by atoms with van der Waals surface area (Å²) in [6.45, 7) is -0.322. The van der Waals surface area contributed by atoms with Crippen molar-refractivity contribution >= 4 is 55.4 Å². The number of carbonyl (C=O) groups is 2. The standard InChI is InChI=1S/C27H21N3O6/c1-35-24-15(10-31)36-27-22(23(24)32)29-13-8-4-2-6-11(13)16-18-19(26(34)28-25(18)33)17-12-7-3-5-9-14(12)30(27)21(17)20(16)29/h2-9,15,22-24,27,31-32H,10H2,1H3,(H,28,33,34)/t15-,22?,23-,24-,27-/m1/s1. The highest BCUT2D eigenvalue weighted by Gasteiger charge is 2.51. The lowest BCUT2D eigenvalue weighted by molar-refractivity contribution is -0.231. The highest BCUT2D eigenvalue weighted by molar-refractivity contribution is 6.39. The summed E-state index contributed by atoms with van der Waals surface area (Å²) in [5.41, 5.74) is 3.91. The van der Waals surface area contributed by atoms with E-state index in [1.807, 2.05) is 57.7 Å². The summed E-state index contributed by atoms with van der Waals surface area (Å²) in [4.78, 5) is 26.4. The van der Waals surface area contributed by atoms with Crippen molar-refractivity contribution in [3.05, 3.63) is 59.7 Å². The van der Waals surface area contributed by atoms with E-state index in [-0.39, 0.29) is 6.61 Å². The van der Waals surface area contributed by atoms with E-state index in [0.717, 1.165) is 32.8 Å². The minimum Gasteiger partial charge on any atom is -0.394 e. The summed E-state index contributed by atoms with van der Waals surface area (Å²) < 4.78 is 16.2. The van der Waals surface area contributed by atoms with Crippen molar-refractivity contribution in [1.29, 1.82) is 0 Å². The van der Waals surface area contributed by atoms with Crippen molar-refractivity contribution in [2.24, 2.45) is 0 Å². The third-order valence-electron chi connectivity index (χ3n) is 8.14. The number of ether oxygens (including phenoxy) is 2. The second-order valence-corrected chi connectivity index (χ2v) is 9.68. The van der Waals surface area contributed by atoms with Crippen LogP contribution in [0.5, 0.6) is 0 Å². The zero-order valence-electron chi connectivity index (χ0n) is 19.1. The maximum absolute atomic E-state index is 13.2. The van der Waals surface area contributed by atoms with Crippen molar-refractivity contribution in [2.75, 3.05) is 13.7 Å². The average Bonchev–Trinajstić information content (AvgIpc) is 3.51. The molecule has 36 heavy (non-hydrogen) atoms. The van der Waals surface area contributed by atoms with E-state index >= 15 is 0 Å². The number of hydrogen-bond acceptors (Lipinski definition) is 6. The van der Waals surface area contributed by atoms with Gasteiger partial charge in [0.25, 0.3) is 11.8 Å². The maximum Gasteiger partial charge on any atom is 0.259 e. The van der Waals surface area contributed by atoms with Gasteiger partial charge in [-0.3, -0.25) is 14.9 Å². The van der Waals surface area contributed by atoms with E-state index in [9.17, 15) is 19.8 Å². The van der Waals surface area contributed by atoms with Crippen molar-refractivity contribution in [3.63, 3.8) is 0 Å². The fraction of sp³-hybridized carbons (Fsp3) is 0.259. The van der Waals surface area contributed by atoms with Crippen molar-refractivity contribution in [2.45, 2.75) is 30.6 Å². The van der Waals surface area contributed by atoms with Crippen LogP contribution in [-0.4, -0.2) is 63.2 Å². The molecule has 1 saturated heterocycles. The van der Waals surface area contributed by atoms with Crippen LogP contribution in [0.4, 0.5) is 0 Å². The first kappa shape index (κ1) is 20.4. The number of aliphatic hydroxyl groups is 2. The summed E-state index contributed by atoms with van der Waals surface area (Å²) in [6, 6.07) is 14.8. The third-order valence-corrected chi connectivity index (χ3v) is 8.14. The molecule has 9 heteroatoms. The minimum atomic E-state index is -1.02. The van der Waals surface area contributed by atoms with Crippen molar-refractivity contribution in [3.8, 4) is 0 Å². The molecule has 5 aromatic rings. The molecule has 5 atom stereocenters. The molecule has 3 aliphatic rings.